The molecule has 0 saturated carbocycles. The number of amides is 1. The number of halogens is 1. The van der Waals surface area contributed by atoms with Crippen LogP contribution in [0.2, 0.25) is 5.02 Å². The van der Waals surface area contributed by atoms with Gasteiger partial charge in [0.05, 0.1) is 34.0 Å². The van der Waals surface area contributed by atoms with Crippen molar-refractivity contribution in [2.75, 3.05) is 23.8 Å². The molecule has 3 aromatic carbocycles. The molecule has 1 amide bonds. The smallest absolute Gasteiger partial charge is 0.264 e. The summed E-state index contributed by atoms with van der Waals surface area (Å²) in [6.45, 7) is 0. The second-order valence-corrected chi connectivity index (χ2v) is 8.48. The standard InChI is InChI=1S/C21H19ClN2O4S/c1-24(29(26,27)16-8-4-3-5-9-16)15-12-13-18(22)17(14-15)21(25)23-19-10-6-7-11-20(19)28-2/h3-14H,1-2H3,(H,23,25). The van der Waals surface area contributed by atoms with Gasteiger partial charge >= 0.3 is 0 Å². The van der Waals surface area contributed by atoms with Gasteiger partial charge in [-0.1, -0.05) is 41.9 Å². The van der Waals surface area contributed by atoms with E-state index in [2.05, 4.69) is 5.32 Å². The molecule has 0 atom stereocenters. The molecule has 0 unspecified atom stereocenters. The topological polar surface area (TPSA) is 75.7 Å². The van der Waals surface area contributed by atoms with E-state index in [0.29, 0.717) is 17.1 Å². The summed E-state index contributed by atoms with van der Waals surface area (Å²) in [5.41, 5.74) is 0.931. The van der Waals surface area contributed by atoms with Crippen molar-refractivity contribution in [1.82, 2.24) is 0 Å². The largest absolute Gasteiger partial charge is 0.495 e. The molecule has 150 valence electrons. The van der Waals surface area contributed by atoms with Crippen molar-refractivity contribution in [3.05, 3.63) is 83.4 Å². The summed E-state index contributed by atoms with van der Waals surface area (Å²) in [4.78, 5) is 12.9. The number of rotatable bonds is 6. The van der Waals surface area contributed by atoms with Gasteiger partial charge in [0.2, 0.25) is 0 Å². The molecule has 0 saturated heterocycles. The number of anilines is 2. The van der Waals surface area contributed by atoms with Gasteiger partial charge in [-0.3, -0.25) is 9.10 Å². The lowest BCUT2D eigenvalue weighted by atomic mass is 10.1. The maximum atomic E-state index is 12.8. The SMILES string of the molecule is COc1ccccc1NC(=O)c1cc(N(C)S(=O)(=O)c2ccccc2)ccc1Cl. The minimum atomic E-state index is -3.78. The summed E-state index contributed by atoms with van der Waals surface area (Å²) in [6.07, 6.45) is 0. The third-order valence-electron chi connectivity index (χ3n) is 4.31. The average Bonchev–Trinajstić information content (AvgIpc) is 2.74. The van der Waals surface area contributed by atoms with Crippen LogP contribution in [0.1, 0.15) is 10.4 Å². The molecule has 0 fully saturated rings. The zero-order valence-corrected chi connectivity index (χ0v) is 17.4. The number of carbonyl (C=O) groups excluding carboxylic acids is 1. The number of methoxy groups -OCH3 is 1. The Bertz CT molecular complexity index is 1130. The summed E-state index contributed by atoms with van der Waals surface area (Å²) in [7, 11) is -0.852. The fourth-order valence-electron chi connectivity index (χ4n) is 2.71. The van der Waals surface area contributed by atoms with E-state index in [0.717, 1.165) is 4.31 Å². The van der Waals surface area contributed by atoms with Gasteiger partial charge in [0.1, 0.15) is 5.75 Å². The highest BCUT2D eigenvalue weighted by Crippen LogP contribution is 2.29. The summed E-state index contributed by atoms with van der Waals surface area (Å²) in [5, 5.41) is 2.94. The van der Waals surface area contributed by atoms with Crippen LogP contribution in [0.3, 0.4) is 0 Å². The Morgan fingerprint density at radius 2 is 1.66 bits per heavy atom. The van der Waals surface area contributed by atoms with Crippen LogP contribution in [0.4, 0.5) is 11.4 Å². The molecule has 3 rings (SSSR count). The Hall–Kier alpha value is -3.03. The quantitative estimate of drug-likeness (QED) is 0.627. The molecule has 0 aromatic heterocycles. The number of hydrogen-bond donors (Lipinski definition) is 1. The van der Waals surface area contributed by atoms with Crippen LogP contribution in [0, 0.1) is 0 Å². The van der Waals surface area contributed by atoms with Gasteiger partial charge in [0.15, 0.2) is 0 Å². The van der Waals surface area contributed by atoms with Gasteiger partial charge < -0.3 is 10.1 Å². The van der Waals surface area contributed by atoms with Crippen LogP contribution in [0.25, 0.3) is 0 Å². The van der Waals surface area contributed by atoms with E-state index in [-0.39, 0.29) is 15.5 Å². The number of ether oxygens (including phenoxy) is 1. The van der Waals surface area contributed by atoms with Crippen LogP contribution < -0.4 is 14.4 Å². The number of benzene rings is 3. The Labute approximate surface area is 174 Å². The lowest BCUT2D eigenvalue weighted by molar-refractivity contribution is 0.102. The second-order valence-electron chi connectivity index (χ2n) is 6.10. The highest BCUT2D eigenvalue weighted by Gasteiger charge is 2.23. The fourth-order valence-corrected chi connectivity index (χ4v) is 4.12. The van der Waals surface area contributed by atoms with E-state index < -0.39 is 15.9 Å². The third-order valence-corrected chi connectivity index (χ3v) is 6.44. The van der Waals surface area contributed by atoms with Crippen molar-refractivity contribution >= 4 is 38.9 Å². The molecular formula is C21H19ClN2O4S. The number of sulfonamides is 1. The zero-order chi connectivity index (χ0) is 21.0. The Kier molecular flexibility index (Phi) is 6.10. The van der Waals surface area contributed by atoms with E-state index in [1.54, 1.807) is 48.5 Å². The van der Waals surface area contributed by atoms with E-state index in [4.69, 9.17) is 16.3 Å². The Morgan fingerprint density at radius 1 is 1.00 bits per heavy atom. The van der Waals surface area contributed by atoms with Crippen molar-refractivity contribution in [1.29, 1.82) is 0 Å². The molecule has 0 bridgehead atoms. The van der Waals surface area contributed by atoms with Gasteiger partial charge in [-0.25, -0.2) is 8.42 Å². The predicted octanol–water partition coefficient (Wildman–Crippen LogP) is 4.43. The van der Waals surface area contributed by atoms with E-state index in [1.165, 1.54) is 38.4 Å². The number of nitrogens with one attached hydrogen (secondary N) is 1. The first-order valence-corrected chi connectivity index (χ1v) is 10.4. The number of para-hydroxylation sites is 2. The van der Waals surface area contributed by atoms with Crippen LogP contribution in [-0.4, -0.2) is 28.5 Å². The van der Waals surface area contributed by atoms with Gasteiger partial charge in [-0.05, 0) is 42.5 Å². The van der Waals surface area contributed by atoms with Crippen LogP contribution in [0.15, 0.2) is 77.7 Å². The highest BCUT2D eigenvalue weighted by atomic mass is 35.5. The zero-order valence-electron chi connectivity index (χ0n) is 15.8. The first-order valence-electron chi connectivity index (χ1n) is 8.62. The molecule has 29 heavy (non-hydrogen) atoms. The maximum absolute atomic E-state index is 12.8. The first-order chi connectivity index (χ1) is 13.8. The van der Waals surface area contributed by atoms with E-state index in [1.807, 2.05) is 0 Å². The summed E-state index contributed by atoms with van der Waals surface area (Å²) >= 11 is 6.21. The van der Waals surface area contributed by atoms with Gasteiger partial charge in [0, 0.05) is 7.05 Å². The summed E-state index contributed by atoms with van der Waals surface area (Å²) < 4.78 is 32.0. The van der Waals surface area contributed by atoms with Crippen molar-refractivity contribution in [3.8, 4) is 5.75 Å². The van der Waals surface area contributed by atoms with E-state index >= 15 is 0 Å². The minimum absolute atomic E-state index is 0.144. The molecule has 3 aromatic rings. The summed E-state index contributed by atoms with van der Waals surface area (Å²) in [6, 6.07) is 19.5. The molecular weight excluding hydrogens is 412 g/mol. The van der Waals surface area contributed by atoms with Crippen molar-refractivity contribution in [2.24, 2.45) is 0 Å². The monoisotopic (exact) mass is 430 g/mol. The molecule has 6 nitrogen and oxygen atoms in total. The number of hydrogen-bond acceptors (Lipinski definition) is 4. The fraction of sp³-hybridized carbons (Fsp3) is 0.0952. The third kappa shape index (κ3) is 4.36. The van der Waals surface area contributed by atoms with Crippen LogP contribution >= 0.6 is 11.6 Å². The van der Waals surface area contributed by atoms with E-state index in [9.17, 15) is 13.2 Å². The lowest BCUT2D eigenvalue weighted by Crippen LogP contribution is -2.27. The maximum Gasteiger partial charge on any atom is 0.264 e. The predicted molar refractivity (Wildman–Crippen MR) is 114 cm³/mol. The summed E-state index contributed by atoms with van der Waals surface area (Å²) in [5.74, 6) is 0.0174. The molecule has 0 aliphatic heterocycles. The molecule has 0 spiro atoms. The molecule has 8 heteroatoms. The second kappa shape index (κ2) is 8.55. The molecule has 1 N–H and O–H groups in total. The number of nitrogens with zero attached hydrogens (tertiary/aromatic N) is 1. The van der Waals surface area contributed by atoms with Crippen molar-refractivity contribution < 1.29 is 17.9 Å². The first kappa shape index (κ1) is 20.7. The molecule has 0 radical (unpaired) electrons. The Morgan fingerprint density at radius 3 is 2.34 bits per heavy atom. The normalized spacial score (nSPS) is 11.0. The Balaban J connectivity index is 1.93. The lowest BCUT2D eigenvalue weighted by Gasteiger charge is -2.20. The molecule has 0 aliphatic rings. The van der Waals surface area contributed by atoms with Crippen LogP contribution in [0.5, 0.6) is 5.75 Å². The average molecular weight is 431 g/mol. The van der Waals surface area contributed by atoms with Crippen molar-refractivity contribution in [2.45, 2.75) is 4.90 Å². The van der Waals surface area contributed by atoms with Gasteiger partial charge in [-0.2, -0.15) is 0 Å². The molecule has 0 heterocycles. The van der Waals surface area contributed by atoms with Crippen LogP contribution in [-0.2, 0) is 10.0 Å². The minimum Gasteiger partial charge on any atom is -0.495 e. The van der Waals surface area contributed by atoms with Gasteiger partial charge in [0.25, 0.3) is 15.9 Å². The van der Waals surface area contributed by atoms with Crippen molar-refractivity contribution in [3.63, 3.8) is 0 Å². The van der Waals surface area contributed by atoms with Gasteiger partial charge in [-0.15, -0.1) is 0 Å². The highest BCUT2D eigenvalue weighted by molar-refractivity contribution is 7.92. The molecule has 0 aliphatic carbocycles. The number of carbonyl (C=O) groups is 1.